The molecule has 1 aromatic heterocycles. The first kappa shape index (κ1) is 25.5. The van der Waals surface area contributed by atoms with Crippen molar-refractivity contribution in [3.05, 3.63) is 59.1 Å². The average Bonchev–Trinajstić information content (AvgIpc) is 3.17. The molecule has 1 amide bonds. The lowest BCUT2D eigenvalue weighted by molar-refractivity contribution is -0.131. The number of fused-ring (bicyclic) bond motifs is 3. The highest BCUT2D eigenvalue weighted by molar-refractivity contribution is 6.42. The number of aliphatic hydroxyl groups is 1. The number of carbonyl (C=O) groups is 1. The summed E-state index contributed by atoms with van der Waals surface area (Å²) in [5.41, 5.74) is 0.637. The highest BCUT2D eigenvalue weighted by Gasteiger charge is 2.43. The second-order valence-electron chi connectivity index (χ2n) is 9.00. The molecule has 37 heavy (non-hydrogen) atoms. The minimum Gasteiger partial charge on any atom is -0.487 e. The van der Waals surface area contributed by atoms with Crippen LogP contribution in [0.5, 0.6) is 11.5 Å². The number of hydrogen-bond donors (Lipinski definition) is 2. The van der Waals surface area contributed by atoms with Gasteiger partial charge in [0, 0.05) is 36.4 Å². The van der Waals surface area contributed by atoms with Crippen LogP contribution in [-0.2, 0) is 4.79 Å². The van der Waals surface area contributed by atoms with Gasteiger partial charge < -0.3 is 24.8 Å². The van der Waals surface area contributed by atoms with Gasteiger partial charge >= 0.3 is 0 Å². The standard InChI is InChI=1S/C26H25Cl2FN4O4/c1-2-23(35)33-14-3-4-15(33)10-16(9-14)37-22-11-17-20(12-21(22)36-8-7-34)30-13-31-26(17)32-19-6-5-18(27)24(28)25(19)29/h2,5-6,11-16,34H,1,3-4,7-10H2,(H,30,31,32)/t14-,15+,16-. The predicted molar refractivity (Wildman–Crippen MR) is 139 cm³/mol. The number of carbonyl (C=O) groups excluding carboxylic acids is 1. The minimum atomic E-state index is -0.698. The Labute approximate surface area is 223 Å². The molecule has 0 radical (unpaired) electrons. The van der Waals surface area contributed by atoms with Crippen LogP contribution in [0.2, 0.25) is 10.0 Å². The molecule has 194 valence electrons. The molecule has 2 N–H and O–H groups in total. The highest BCUT2D eigenvalue weighted by atomic mass is 35.5. The lowest BCUT2D eigenvalue weighted by Gasteiger charge is -2.38. The second kappa shape index (κ2) is 10.7. The number of nitrogens with one attached hydrogen (secondary N) is 1. The van der Waals surface area contributed by atoms with Crippen LogP contribution in [0, 0.1) is 5.82 Å². The molecular formula is C26H25Cl2FN4O4. The molecule has 2 saturated heterocycles. The summed E-state index contributed by atoms with van der Waals surface area (Å²) in [6.07, 6.45) is 5.77. The normalized spacial score (nSPS) is 20.6. The lowest BCUT2D eigenvalue weighted by atomic mass is 9.99. The first-order valence-corrected chi connectivity index (χ1v) is 12.7. The number of rotatable bonds is 8. The summed E-state index contributed by atoms with van der Waals surface area (Å²) in [5.74, 6) is 0.458. The molecule has 0 spiro atoms. The number of piperidine rings is 1. The molecule has 3 heterocycles. The van der Waals surface area contributed by atoms with E-state index in [2.05, 4.69) is 21.9 Å². The number of benzene rings is 2. The smallest absolute Gasteiger partial charge is 0.246 e. The van der Waals surface area contributed by atoms with Crippen LogP contribution in [-0.4, -0.2) is 57.3 Å². The first-order valence-electron chi connectivity index (χ1n) is 11.9. The van der Waals surface area contributed by atoms with E-state index in [0.29, 0.717) is 41.1 Å². The van der Waals surface area contributed by atoms with Gasteiger partial charge in [-0.15, -0.1) is 0 Å². The second-order valence-corrected chi connectivity index (χ2v) is 9.79. The molecule has 11 heteroatoms. The van der Waals surface area contributed by atoms with E-state index in [0.717, 1.165) is 12.8 Å². The lowest BCUT2D eigenvalue weighted by Crippen LogP contribution is -2.48. The maximum absolute atomic E-state index is 14.7. The van der Waals surface area contributed by atoms with Gasteiger partial charge in [-0.25, -0.2) is 14.4 Å². The number of aromatic nitrogens is 2. The van der Waals surface area contributed by atoms with Crippen LogP contribution >= 0.6 is 23.2 Å². The Balaban J connectivity index is 1.47. The van der Waals surface area contributed by atoms with Crippen molar-refractivity contribution in [1.82, 2.24) is 14.9 Å². The topological polar surface area (TPSA) is 96.8 Å². The Morgan fingerprint density at radius 1 is 1.22 bits per heavy atom. The van der Waals surface area contributed by atoms with E-state index >= 15 is 0 Å². The van der Waals surface area contributed by atoms with Gasteiger partial charge in [0.15, 0.2) is 17.3 Å². The Hall–Kier alpha value is -3.14. The summed E-state index contributed by atoms with van der Waals surface area (Å²) in [6.45, 7) is 3.53. The zero-order valence-electron chi connectivity index (χ0n) is 19.8. The quantitative estimate of drug-likeness (QED) is 0.293. The minimum absolute atomic E-state index is 0.0500. The van der Waals surface area contributed by atoms with Crippen LogP contribution in [0.1, 0.15) is 25.7 Å². The third kappa shape index (κ3) is 5.03. The van der Waals surface area contributed by atoms with E-state index in [4.69, 9.17) is 32.7 Å². The van der Waals surface area contributed by atoms with Gasteiger partial charge in [-0.05, 0) is 37.1 Å². The number of anilines is 2. The number of halogens is 3. The van der Waals surface area contributed by atoms with Crippen molar-refractivity contribution in [3.63, 3.8) is 0 Å². The third-order valence-corrected chi connectivity index (χ3v) is 7.53. The van der Waals surface area contributed by atoms with Gasteiger partial charge in [-0.1, -0.05) is 29.8 Å². The fourth-order valence-corrected chi connectivity index (χ4v) is 5.45. The highest BCUT2D eigenvalue weighted by Crippen LogP contribution is 2.41. The average molecular weight is 547 g/mol. The molecule has 3 atom stereocenters. The Kier molecular flexibility index (Phi) is 7.37. The van der Waals surface area contributed by atoms with Crippen LogP contribution < -0.4 is 14.8 Å². The van der Waals surface area contributed by atoms with Gasteiger partial charge in [0.25, 0.3) is 0 Å². The predicted octanol–water partition coefficient (Wildman–Crippen LogP) is 5.28. The van der Waals surface area contributed by atoms with Crippen molar-refractivity contribution in [2.24, 2.45) is 0 Å². The Bertz CT molecular complexity index is 1340. The summed E-state index contributed by atoms with van der Waals surface area (Å²) in [6, 6.07) is 6.59. The monoisotopic (exact) mass is 546 g/mol. The molecular weight excluding hydrogens is 522 g/mol. The van der Waals surface area contributed by atoms with Gasteiger partial charge in [-0.3, -0.25) is 4.79 Å². The van der Waals surface area contributed by atoms with E-state index in [-0.39, 0.29) is 53.0 Å². The van der Waals surface area contributed by atoms with Crippen LogP contribution in [0.3, 0.4) is 0 Å². The number of aliphatic hydroxyl groups excluding tert-OH is 1. The van der Waals surface area contributed by atoms with Crippen molar-refractivity contribution in [2.45, 2.75) is 43.9 Å². The Morgan fingerprint density at radius 3 is 2.68 bits per heavy atom. The van der Waals surface area contributed by atoms with Gasteiger partial charge in [0.1, 0.15) is 24.9 Å². The molecule has 3 aromatic rings. The van der Waals surface area contributed by atoms with E-state index in [1.54, 1.807) is 12.1 Å². The van der Waals surface area contributed by atoms with E-state index in [9.17, 15) is 14.3 Å². The van der Waals surface area contributed by atoms with Gasteiger partial charge in [0.2, 0.25) is 5.91 Å². The largest absolute Gasteiger partial charge is 0.487 e. The Morgan fingerprint density at radius 2 is 1.97 bits per heavy atom. The molecule has 2 aliphatic rings. The molecule has 5 rings (SSSR count). The maximum atomic E-state index is 14.7. The number of amides is 1. The zero-order valence-corrected chi connectivity index (χ0v) is 21.3. The zero-order chi connectivity index (χ0) is 26.1. The van der Waals surface area contributed by atoms with Gasteiger partial charge in [-0.2, -0.15) is 0 Å². The van der Waals surface area contributed by atoms with Crippen LogP contribution in [0.15, 0.2) is 43.2 Å². The molecule has 0 aliphatic carbocycles. The van der Waals surface area contributed by atoms with Crippen molar-refractivity contribution >= 4 is 51.5 Å². The van der Waals surface area contributed by atoms with E-state index < -0.39 is 5.82 Å². The molecule has 2 fully saturated rings. The van der Waals surface area contributed by atoms with Crippen LogP contribution in [0.25, 0.3) is 10.9 Å². The maximum Gasteiger partial charge on any atom is 0.246 e. The number of ether oxygens (including phenoxy) is 2. The molecule has 0 unspecified atom stereocenters. The van der Waals surface area contributed by atoms with Crippen molar-refractivity contribution in [1.29, 1.82) is 0 Å². The fraction of sp³-hybridized carbons (Fsp3) is 0.346. The fourth-order valence-electron chi connectivity index (χ4n) is 5.14. The first-order chi connectivity index (χ1) is 17.9. The summed E-state index contributed by atoms with van der Waals surface area (Å²) >= 11 is 11.9. The molecule has 2 aromatic carbocycles. The van der Waals surface area contributed by atoms with Crippen molar-refractivity contribution in [2.75, 3.05) is 18.5 Å². The summed E-state index contributed by atoms with van der Waals surface area (Å²) in [7, 11) is 0. The molecule has 8 nitrogen and oxygen atoms in total. The SMILES string of the molecule is C=CC(=O)N1[C@@H]2CC[C@H]1C[C@H](Oc1cc3c(Nc4ccc(Cl)c(Cl)c4F)ncnc3cc1OCCO)C2. The van der Waals surface area contributed by atoms with E-state index in [1.807, 2.05) is 4.90 Å². The van der Waals surface area contributed by atoms with Crippen molar-refractivity contribution in [3.8, 4) is 11.5 Å². The molecule has 0 saturated carbocycles. The van der Waals surface area contributed by atoms with Crippen molar-refractivity contribution < 1.29 is 23.8 Å². The summed E-state index contributed by atoms with van der Waals surface area (Å²) in [4.78, 5) is 22.9. The molecule has 2 aliphatic heterocycles. The summed E-state index contributed by atoms with van der Waals surface area (Å²) in [5, 5.41) is 12.8. The third-order valence-electron chi connectivity index (χ3n) is 6.75. The summed E-state index contributed by atoms with van der Waals surface area (Å²) < 4.78 is 26.9. The van der Waals surface area contributed by atoms with E-state index in [1.165, 1.54) is 24.5 Å². The van der Waals surface area contributed by atoms with Crippen LogP contribution in [0.4, 0.5) is 15.9 Å². The molecule has 2 bridgehead atoms. The van der Waals surface area contributed by atoms with Gasteiger partial charge in [0.05, 0.1) is 27.9 Å². The number of nitrogens with zero attached hydrogens (tertiary/aromatic N) is 3. The number of hydrogen-bond acceptors (Lipinski definition) is 7.